The predicted molar refractivity (Wildman–Crippen MR) is 72.6 cm³/mol. The van der Waals surface area contributed by atoms with E-state index in [1.165, 1.54) is 24.3 Å². The Hall–Kier alpha value is -1.42. The third kappa shape index (κ3) is 3.29. The molecular weight excluding hydrogens is 300 g/mol. The fraction of sp³-hybridized carbons (Fsp3) is 0.143. The van der Waals surface area contributed by atoms with Gasteiger partial charge in [0.25, 0.3) is 0 Å². The Morgan fingerprint density at radius 3 is 2.50 bits per heavy atom. The van der Waals surface area contributed by atoms with Gasteiger partial charge in [-0.2, -0.15) is 0 Å². The van der Waals surface area contributed by atoms with Crippen LogP contribution in [0.1, 0.15) is 11.1 Å². The number of aryl methyl sites for hydroxylation is 1. The largest absolute Gasteiger partial charge is 0.381 e. The minimum Gasteiger partial charge on any atom is -0.381 e. The zero-order valence-electron chi connectivity index (χ0n) is 9.81. The molecule has 4 heteroatoms. The van der Waals surface area contributed by atoms with Crippen molar-refractivity contribution in [1.29, 1.82) is 0 Å². The molecule has 0 aliphatic carbocycles. The summed E-state index contributed by atoms with van der Waals surface area (Å²) in [4.78, 5) is 0. The maximum absolute atomic E-state index is 13.2. The van der Waals surface area contributed by atoms with Crippen molar-refractivity contribution in [2.45, 2.75) is 13.5 Å². The average Bonchev–Trinajstić information content (AvgIpc) is 2.26. The lowest BCUT2D eigenvalue weighted by molar-refractivity contribution is 0.625. The first-order valence-electron chi connectivity index (χ1n) is 5.49. The zero-order valence-corrected chi connectivity index (χ0v) is 11.4. The van der Waals surface area contributed by atoms with E-state index in [1.54, 1.807) is 6.07 Å². The first kappa shape index (κ1) is 13.0. The molecule has 0 aromatic heterocycles. The van der Waals surface area contributed by atoms with Gasteiger partial charge in [0.15, 0.2) is 0 Å². The van der Waals surface area contributed by atoms with Crippen molar-refractivity contribution in [3.05, 3.63) is 63.6 Å². The maximum atomic E-state index is 13.2. The van der Waals surface area contributed by atoms with Crippen LogP contribution >= 0.6 is 15.9 Å². The van der Waals surface area contributed by atoms with E-state index in [9.17, 15) is 8.78 Å². The van der Waals surface area contributed by atoms with E-state index in [-0.39, 0.29) is 11.6 Å². The molecule has 0 amide bonds. The fourth-order valence-corrected chi connectivity index (χ4v) is 2.25. The van der Waals surface area contributed by atoms with Crippen LogP contribution in [0.5, 0.6) is 0 Å². The van der Waals surface area contributed by atoms with Crippen LogP contribution < -0.4 is 5.32 Å². The molecule has 0 atom stereocenters. The van der Waals surface area contributed by atoms with E-state index in [2.05, 4.69) is 21.2 Å². The molecule has 0 unspecified atom stereocenters. The SMILES string of the molecule is Cc1cc(F)ccc1NCc1cc(F)cc(Br)c1. The molecule has 1 N–H and O–H groups in total. The normalized spacial score (nSPS) is 10.4. The van der Waals surface area contributed by atoms with Crippen molar-refractivity contribution in [2.24, 2.45) is 0 Å². The number of nitrogens with one attached hydrogen (secondary N) is 1. The Bertz CT molecular complexity index is 549. The van der Waals surface area contributed by atoms with Gasteiger partial charge in [-0.15, -0.1) is 0 Å². The topological polar surface area (TPSA) is 12.0 Å². The van der Waals surface area contributed by atoms with E-state index in [0.717, 1.165) is 16.8 Å². The summed E-state index contributed by atoms with van der Waals surface area (Å²) in [7, 11) is 0. The van der Waals surface area contributed by atoms with Crippen LogP contribution in [0.4, 0.5) is 14.5 Å². The molecule has 0 aliphatic heterocycles. The standard InChI is InChI=1S/C14H12BrF2N/c1-9-4-12(16)2-3-14(9)18-8-10-5-11(15)7-13(17)6-10/h2-7,18H,8H2,1H3. The molecule has 0 bridgehead atoms. The van der Waals surface area contributed by atoms with Crippen LogP contribution in [0.3, 0.4) is 0 Å². The number of benzene rings is 2. The van der Waals surface area contributed by atoms with Crippen LogP contribution in [0.25, 0.3) is 0 Å². The summed E-state index contributed by atoms with van der Waals surface area (Å²) in [6, 6.07) is 9.26. The van der Waals surface area contributed by atoms with Gasteiger partial charge in [-0.25, -0.2) is 8.78 Å². The molecule has 1 nitrogen and oxygen atoms in total. The first-order valence-corrected chi connectivity index (χ1v) is 6.29. The molecule has 2 aromatic rings. The van der Waals surface area contributed by atoms with Crippen LogP contribution in [-0.4, -0.2) is 0 Å². The van der Waals surface area contributed by atoms with Gasteiger partial charge < -0.3 is 5.32 Å². The van der Waals surface area contributed by atoms with Gasteiger partial charge in [-0.1, -0.05) is 15.9 Å². The number of hydrogen-bond acceptors (Lipinski definition) is 1. The van der Waals surface area contributed by atoms with Gasteiger partial charge in [-0.05, 0) is 54.4 Å². The molecular formula is C14H12BrF2N. The van der Waals surface area contributed by atoms with Gasteiger partial charge in [0.1, 0.15) is 11.6 Å². The molecule has 0 spiro atoms. The van der Waals surface area contributed by atoms with E-state index in [1.807, 2.05) is 13.0 Å². The molecule has 0 heterocycles. The van der Waals surface area contributed by atoms with E-state index in [0.29, 0.717) is 11.0 Å². The Kier molecular flexibility index (Phi) is 3.97. The smallest absolute Gasteiger partial charge is 0.124 e. The monoisotopic (exact) mass is 311 g/mol. The highest BCUT2D eigenvalue weighted by Gasteiger charge is 2.02. The second-order valence-corrected chi connectivity index (χ2v) is 5.01. The van der Waals surface area contributed by atoms with Gasteiger partial charge in [0.05, 0.1) is 0 Å². The molecule has 18 heavy (non-hydrogen) atoms. The number of hydrogen-bond donors (Lipinski definition) is 1. The zero-order chi connectivity index (χ0) is 13.1. The maximum Gasteiger partial charge on any atom is 0.124 e. The Morgan fingerprint density at radius 2 is 1.83 bits per heavy atom. The molecule has 0 aliphatic rings. The first-order chi connectivity index (χ1) is 8.54. The minimum absolute atomic E-state index is 0.258. The van der Waals surface area contributed by atoms with Crippen LogP contribution in [0, 0.1) is 18.6 Å². The molecule has 94 valence electrons. The van der Waals surface area contributed by atoms with E-state index >= 15 is 0 Å². The number of halogens is 3. The van der Waals surface area contributed by atoms with Crippen LogP contribution in [0.15, 0.2) is 40.9 Å². The van der Waals surface area contributed by atoms with Crippen molar-refractivity contribution >= 4 is 21.6 Å². The summed E-state index contributed by atoms with van der Waals surface area (Å²) in [5, 5.41) is 3.16. The third-order valence-corrected chi connectivity index (χ3v) is 3.05. The summed E-state index contributed by atoms with van der Waals surface area (Å²) in [6.45, 7) is 2.32. The second kappa shape index (κ2) is 5.48. The van der Waals surface area contributed by atoms with E-state index < -0.39 is 0 Å². The predicted octanol–water partition coefficient (Wildman–Crippen LogP) is 4.65. The summed E-state index contributed by atoms with van der Waals surface area (Å²) < 4.78 is 26.8. The lowest BCUT2D eigenvalue weighted by Gasteiger charge is -2.10. The summed E-state index contributed by atoms with van der Waals surface area (Å²) in [5.74, 6) is -0.538. The molecule has 0 fully saturated rings. The summed E-state index contributed by atoms with van der Waals surface area (Å²) in [5.41, 5.74) is 2.49. The van der Waals surface area contributed by atoms with Crippen molar-refractivity contribution in [3.8, 4) is 0 Å². The van der Waals surface area contributed by atoms with Crippen molar-refractivity contribution in [1.82, 2.24) is 0 Å². The second-order valence-electron chi connectivity index (χ2n) is 4.09. The van der Waals surface area contributed by atoms with Crippen molar-refractivity contribution < 1.29 is 8.78 Å². The highest BCUT2D eigenvalue weighted by molar-refractivity contribution is 9.10. The molecule has 2 rings (SSSR count). The Labute approximate surface area is 113 Å². The van der Waals surface area contributed by atoms with Gasteiger partial charge in [0, 0.05) is 16.7 Å². The molecule has 2 aromatic carbocycles. The third-order valence-electron chi connectivity index (χ3n) is 2.59. The highest BCUT2D eigenvalue weighted by atomic mass is 79.9. The quantitative estimate of drug-likeness (QED) is 0.870. The lowest BCUT2D eigenvalue weighted by Crippen LogP contribution is -2.01. The van der Waals surface area contributed by atoms with Gasteiger partial charge >= 0.3 is 0 Å². The summed E-state index contributed by atoms with van der Waals surface area (Å²) >= 11 is 3.25. The average molecular weight is 312 g/mol. The lowest BCUT2D eigenvalue weighted by atomic mass is 10.1. The Balaban J connectivity index is 2.11. The molecule has 0 saturated heterocycles. The van der Waals surface area contributed by atoms with Crippen LogP contribution in [-0.2, 0) is 6.54 Å². The molecule has 0 saturated carbocycles. The molecule has 0 radical (unpaired) electrons. The van der Waals surface area contributed by atoms with Gasteiger partial charge in [0.2, 0.25) is 0 Å². The fourth-order valence-electron chi connectivity index (χ4n) is 1.74. The van der Waals surface area contributed by atoms with Crippen molar-refractivity contribution in [3.63, 3.8) is 0 Å². The Morgan fingerprint density at radius 1 is 1.06 bits per heavy atom. The van der Waals surface area contributed by atoms with Crippen LogP contribution in [0.2, 0.25) is 0 Å². The number of anilines is 1. The highest BCUT2D eigenvalue weighted by Crippen LogP contribution is 2.19. The van der Waals surface area contributed by atoms with Gasteiger partial charge in [-0.3, -0.25) is 0 Å². The van der Waals surface area contributed by atoms with E-state index in [4.69, 9.17) is 0 Å². The number of rotatable bonds is 3. The summed E-state index contributed by atoms with van der Waals surface area (Å²) in [6.07, 6.45) is 0. The minimum atomic E-state index is -0.281. The van der Waals surface area contributed by atoms with Crippen molar-refractivity contribution in [2.75, 3.05) is 5.32 Å².